The summed E-state index contributed by atoms with van der Waals surface area (Å²) in [6.45, 7) is 2.88. The number of benzene rings is 2. The number of hydrogen-bond donors (Lipinski definition) is 2. The zero-order valence-corrected chi connectivity index (χ0v) is 21.5. The van der Waals surface area contributed by atoms with Gasteiger partial charge in [-0.05, 0) is 30.5 Å². The van der Waals surface area contributed by atoms with E-state index in [4.69, 9.17) is 14.2 Å². The maximum Gasteiger partial charge on any atom is 0.412 e. The molecule has 0 aromatic heterocycles. The molecule has 2 aromatic rings. The number of aliphatic hydroxyl groups is 1. The first kappa shape index (κ1) is 28.4. The summed E-state index contributed by atoms with van der Waals surface area (Å²) in [4.78, 5) is 39.4. The molecule has 2 aliphatic heterocycles. The van der Waals surface area contributed by atoms with Crippen molar-refractivity contribution in [1.82, 2.24) is 10.2 Å². The van der Waals surface area contributed by atoms with Gasteiger partial charge in [-0.15, -0.1) is 12.4 Å². The van der Waals surface area contributed by atoms with Crippen LogP contribution in [0.15, 0.2) is 60.7 Å². The molecule has 37 heavy (non-hydrogen) atoms. The van der Waals surface area contributed by atoms with Crippen molar-refractivity contribution >= 4 is 30.4 Å². The number of ether oxygens (including phenoxy) is 3. The molecule has 0 radical (unpaired) electrons. The van der Waals surface area contributed by atoms with E-state index in [1.54, 1.807) is 48.5 Å². The fourth-order valence-corrected chi connectivity index (χ4v) is 4.53. The van der Waals surface area contributed by atoms with Crippen molar-refractivity contribution < 1.29 is 33.7 Å². The van der Waals surface area contributed by atoms with Gasteiger partial charge in [0.2, 0.25) is 11.9 Å². The number of likely N-dealkylation sites (tertiary alicyclic amines) is 1. The lowest BCUT2D eigenvalue weighted by molar-refractivity contribution is -0.170. The quantitative estimate of drug-likeness (QED) is 0.413. The van der Waals surface area contributed by atoms with E-state index in [0.29, 0.717) is 43.5 Å². The first-order chi connectivity index (χ1) is 17.4. The fraction of sp³-hybridized carbons (Fsp3) is 0.444. The predicted molar refractivity (Wildman–Crippen MR) is 137 cm³/mol. The third-order valence-corrected chi connectivity index (χ3v) is 6.55. The first-order valence-corrected chi connectivity index (χ1v) is 12.3. The fourth-order valence-electron chi connectivity index (χ4n) is 4.53. The van der Waals surface area contributed by atoms with E-state index in [9.17, 15) is 19.5 Å². The van der Waals surface area contributed by atoms with E-state index in [1.807, 2.05) is 12.1 Å². The van der Waals surface area contributed by atoms with E-state index in [-0.39, 0.29) is 18.4 Å². The summed E-state index contributed by atoms with van der Waals surface area (Å²) in [6, 6.07) is 17.0. The third-order valence-electron chi connectivity index (χ3n) is 6.55. The van der Waals surface area contributed by atoms with Gasteiger partial charge >= 0.3 is 18.0 Å². The predicted octanol–water partition coefficient (Wildman–Crippen LogP) is 3.13. The Morgan fingerprint density at radius 1 is 0.946 bits per heavy atom. The van der Waals surface area contributed by atoms with E-state index in [1.165, 1.54) is 11.8 Å². The SMILES string of the molecule is CC(OC(=O)[C@@H]1CCCN1)OC(=O)N1CCC(OC(=O)C(O)(c2ccccc2)c2ccccc2)CC1.Cl. The van der Waals surface area contributed by atoms with Crippen LogP contribution in [0.4, 0.5) is 4.79 Å². The highest BCUT2D eigenvalue weighted by Gasteiger charge is 2.43. The molecule has 2 heterocycles. The second kappa shape index (κ2) is 12.9. The molecule has 2 atom stereocenters. The van der Waals surface area contributed by atoms with Gasteiger partial charge in [0, 0.05) is 32.9 Å². The number of esters is 2. The van der Waals surface area contributed by atoms with Crippen LogP contribution in [-0.2, 0) is 29.4 Å². The van der Waals surface area contributed by atoms with Crippen LogP contribution in [0.3, 0.4) is 0 Å². The highest BCUT2D eigenvalue weighted by molar-refractivity contribution is 5.86. The van der Waals surface area contributed by atoms with Crippen molar-refractivity contribution in [3.8, 4) is 0 Å². The Labute approximate surface area is 222 Å². The molecule has 2 aliphatic rings. The second-order valence-electron chi connectivity index (χ2n) is 9.07. The lowest BCUT2D eigenvalue weighted by Gasteiger charge is -2.34. The van der Waals surface area contributed by atoms with Gasteiger partial charge < -0.3 is 29.5 Å². The smallest absolute Gasteiger partial charge is 0.412 e. The van der Waals surface area contributed by atoms with Crippen molar-refractivity contribution in [3.05, 3.63) is 71.8 Å². The molecule has 0 saturated carbocycles. The maximum absolute atomic E-state index is 13.3. The number of nitrogens with one attached hydrogen (secondary N) is 1. The molecule has 1 amide bonds. The Morgan fingerprint density at radius 3 is 2.03 bits per heavy atom. The highest BCUT2D eigenvalue weighted by Crippen LogP contribution is 2.32. The molecule has 2 aromatic carbocycles. The van der Waals surface area contributed by atoms with Gasteiger partial charge in [-0.2, -0.15) is 0 Å². The Hall–Kier alpha value is -3.14. The molecular formula is C27H33ClN2O7. The molecule has 0 aliphatic carbocycles. The normalized spacial score (nSPS) is 18.9. The average Bonchev–Trinajstić information content (AvgIpc) is 3.45. The summed E-state index contributed by atoms with van der Waals surface area (Å²) in [6.07, 6.45) is 0.321. The van der Waals surface area contributed by atoms with Crippen molar-refractivity contribution in [2.24, 2.45) is 0 Å². The number of hydrogen-bond acceptors (Lipinski definition) is 8. The summed E-state index contributed by atoms with van der Waals surface area (Å²) >= 11 is 0. The topological polar surface area (TPSA) is 114 Å². The van der Waals surface area contributed by atoms with Crippen LogP contribution >= 0.6 is 12.4 Å². The summed E-state index contributed by atoms with van der Waals surface area (Å²) in [7, 11) is 0. The third kappa shape index (κ3) is 6.80. The van der Waals surface area contributed by atoms with E-state index in [2.05, 4.69) is 5.32 Å². The van der Waals surface area contributed by atoms with Crippen molar-refractivity contribution in [2.75, 3.05) is 19.6 Å². The zero-order valence-electron chi connectivity index (χ0n) is 20.7. The standard InChI is InChI=1S/C27H32N2O7.ClH/c1-19(34-24(30)23-13-8-16-28-23)35-26(32)29-17-14-22(15-18-29)36-25(31)27(33,20-9-4-2-5-10-20)21-11-6-3-7-12-21;/h2-7,9-12,19,22-23,28,33H,8,13-18H2,1H3;1H/t19?,23-;/m0./s1. The molecule has 2 fully saturated rings. The Kier molecular flexibility index (Phi) is 9.91. The van der Waals surface area contributed by atoms with E-state index in [0.717, 1.165) is 13.0 Å². The number of carbonyl (C=O) groups is 3. The molecule has 1 unspecified atom stereocenters. The lowest BCUT2D eigenvalue weighted by atomic mass is 9.86. The number of nitrogens with zero attached hydrogens (tertiary/aromatic N) is 1. The van der Waals surface area contributed by atoms with Gasteiger partial charge in [0.05, 0.1) is 0 Å². The van der Waals surface area contributed by atoms with Crippen LogP contribution in [0.2, 0.25) is 0 Å². The Bertz CT molecular complexity index is 1000. The highest BCUT2D eigenvalue weighted by atomic mass is 35.5. The van der Waals surface area contributed by atoms with Crippen molar-refractivity contribution in [2.45, 2.75) is 56.6 Å². The monoisotopic (exact) mass is 532 g/mol. The van der Waals surface area contributed by atoms with Crippen molar-refractivity contribution in [1.29, 1.82) is 0 Å². The van der Waals surface area contributed by atoms with Crippen molar-refractivity contribution in [3.63, 3.8) is 0 Å². The largest absolute Gasteiger partial charge is 0.460 e. The van der Waals surface area contributed by atoms with E-state index < -0.39 is 36.0 Å². The van der Waals surface area contributed by atoms with Gasteiger partial charge in [0.1, 0.15) is 12.1 Å². The van der Waals surface area contributed by atoms with Gasteiger partial charge in [-0.25, -0.2) is 9.59 Å². The summed E-state index contributed by atoms with van der Waals surface area (Å²) in [5.41, 5.74) is -1.12. The molecule has 2 saturated heterocycles. The minimum absolute atomic E-state index is 0. The number of amides is 1. The molecule has 10 heteroatoms. The van der Waals surface area contributed by atoms with Gasteiger partial charge in [0.25, 0.3) is 0 Å². The second-order valence-corrected chi connectivity index (χ2v) is 9.07. The van der Waals surface area contributed by atoms with Gasteiger partial charge in [-0.1, -0.05) is 60.7 Å². The van der Waals surface area contributed by atoms with Gasteiger partial charge in [0.15, 0.2) is 0 Å². The van der Waals surface area contributed by atoms with Gasteiger partial charge in [-0.3, -0.25) is 4.79 Å². The van der Waals surface area contributed by atoms with Crippen LogP contribution in [0.1, 0.15) is 43.7 Å². The van der Waals surface area contributed by atoms with Crippen LogP contribution in [0.25, 0.3) is 0 Å². The summed E-state index contributed by atoms with van der Waals surface area (Å²) < 4.78 is 16.2. The molecule has 4 rings (SSSR count). The average molecular weight is 533 g/mol. The minimum Gasteiger partial charge on any atom is -0.460 e. The number of halogens is 1. The maximum atomic E-state index is 13.3. The summed E-state index contributed by atoms with van der Waals surface area (Å²) in [5, 5.41) is 14.6. The van der Waals surface area contributed by atoms with Crippen LogP contribution < -0.4 is 5.32 Å². The number of piperidine rings is 1. The molecule has 9 nitrogen and oxygen atoms in total. The first-order valence-electron chi connectivity index (χ1n) is 12.3. The minimum atomic E-state index is -1.95. The lowest BCUT2D eigenvalue weighted by Crippen LogP contribution is -2.46. The molecule has 200 valence electrons. The number of carbonyl (C=O) groups excluding carboxylic acids is 3. The molecule has 0 spiro atoms. The Balaban J connectivity index is 0.00000380. The number of rotatable bonds is 7. The molecule has 2 N–H and O–H groups in total. The Morgan fingerprint density at radius 2 is 1.51 bits per heavy atom. The zero-order chi connectivity index (χ0) is 25.5. The molecule has 0 bridgehead atoms. The van der Waals surface area contributed by atoms with Crippen LogP contribution in [0.5, 0.6) is 0 Å². The van der Waals surface area contributed by atoms with Crippen LogP contribution in [0, 0.1) is 0 Å². The molecular weight excluding hydrogens is 500 g/mol. The van der Waals surface area contributed by atoms with Crippen LogP contribution in [-0.4, -0.2) is 66.1 Å². The van der Waals surface area contributed by atoms with E-state index >= 15 is 0 Å². The summed E-state index contributed by atoms with van der Waals surface area (Å²) in [5.74, 6) is -1.19.